The van der Waals surface area contributed by atoms with Crippen LogP contribution >= 0.6 is 0 Å². The lowest BCUT2D eigenvalue weighted by Crippen LogP contribution is -2.26. The topological polar surface area (TPSA) is 72.3 Å². The number of nitrogens with zero attached hydrogens (tertiary/aromatic N) is 4. The van der Waals surface area contributed by atoms with Crippen molar-refractivity contribution < 1.29 is 4.74 Å². The van der Waals surface area contributed by atoms with Crippen molar-refractivity contribution in [3.8, 4) is 5.75 Å². The van der Waals surface area contributed by atoms with E-state index in [1.807, 2.05) is 18.2 Å². The van der Waals surface area contributed by atoms with Crippen LogP contribution in [0.5, 0.6) is 5.75 Å². The molecule has 2 aromatic heterocycles. The van der Waals surface area contributed by atoms with Crippen LogP contribution in [0.4, 0.5) is 11.5 Å². The number of hydrogen-bond donors (Lipinski definition) is 1. The van der Waals surface area contributed by atoms with Gasteiger partial charge in [0.25, 0.3) is 5.56 Å². The van der Waals surface area contributed by atoms with E-state index in [1.54, 1.807) is 26.4 Å². The normalized spacial score (nSPS) is 16.5. The Balaban J connectivity index is 1.43. The van der Waals surface area contributed by atoms with Gasteiger partial charge in [-0.3, -0.25) is 4.79 Å². The molecule has 0 amide bonds. The number of pyridine rings is 1. The molecule has 1 aromatic carbocycles. The molecule has 0 spiro atoms. The Morgan fingerprint density at radius 3 is 2.93 bits per heavy atom. The molecule has 1 aliphatic heterocycles. The third kappa shape index (κ3) is 3.65. The summed E-state index contributed by atoms with van der Waals surface area (Å²) in [6.45, 7) is 4.78. The van der Waals surface area contributed by atoms with Gasteiger partial charge in [-0.05, 0) is 43.0 Å². The van der Waals surface area contributed by atoms with Crippen molar-refractivity contribution in [2.45, 2.75) is 13.3 Å². The van der Waals surface area contributed by atoms with E-state index >= 15 is 0 Å². The van der Waals surface area contributed by atoms with Crippen LogP contribution in [0, 0.1) is 12.8 Å². The van der Waals surface area contributed by atoms with Crippen LogP contribution in [-0.2, 0) is 7.05 Å². The van der Waals surface area contributed by atoms with Gasteiger partial charge >= 0.3 is 0 Å². The highest BCUT2D eigenvalue weighted by atomic mass is 16.5. The number of ether oxygens (including phenoxy) is 1. The van der Waals surface area contributed by atoms with Crippen molar-refractivity contribution in [3.63, 3.8) is 0 Å². The lowest BCUT2D eigenvalue weighted by atomic mass is 10.1. The molecule has 146 valence electrons. The van der Waals surface area contributed by atoms with Gasteiger partial charge in [0.15, 0.2) is 0 Å². The summed E-state index contributed by atoms with van der Waals surface area (Å²) in [5.74, 6) is 2.18. The van der Waals surface area contributed by atoms with Crippen LogP contribution in [-0.4, -0.2) is 41.5 Å². The molecule has 1 saturated heterocycles. The number of methoxy groups -OCH3 is 1. The molecule has 3 heterocycles. The first kappa shape index (κ1) is 18.3. The molecule has 1 aliphatic rings. The van der Waals surface area contributed by atoms with Crippen molar-refractivity contribution in [2.75, 3.05) is 37.0 Å². The second-order valence-corrected chi connectivity index (χ2v) is 7.36. The highest BCUT2D eigenvalue weighted by Gasteiger charge is 2.23. The van der Waals surface area contributed by atoms with Crippen molar-refractivity contribution in [1.82, 2.24) is 14.8 Å². The Hall–Kier alpha value is -3.09. The number of fused-ring (bicyclic) bond motifs is 1. The number of anilines is 2. The molecule has 4 rings (SSSR count). The highest BCUT2D eigenvalue weighted by Crippen LogP contribution is 2.26. The van der Waals surface area contributed by atoms with Crippen molar-refractivity contribution in [3.05, 3.63) is 52.4 Å². The minimum atomic E-state index is -0.0784. The summed E-state index contributed by atoms with van der Waals surface area (Å²) in [5.41, 5.74) is 2.94. The molecule has 0 radical (unpaired) electrons. The molecule has 28 heavy (non-hydrogen) atoms. The van der Waals surface area contributed by atoms with Gasteiger partial charge in [0.05, 0.1) is 24.5 Å². The van der Waals surface area contributed by atoms with Gasteiger partial charge in [-0.25, -0.2) is 9.67 Å². The fourth-order valence-electron chi connectivity index (χ4n) is 3.72. The van der Waals surface area contributed by atoms with Gasteiger partial charge in [0.2, 0.25) is 0 Å². The van der Waals surface area contributed by atoms with E-state index in [9.17, 15) is 4.79 Å². The predicted octanol–water partition coefficient (Wildman–Crippen LogP) is 2.58. The monoisotopic (exact) mass is 379 g/mol. The van der Waals surface area contributed by atoms with Crippen molar-refractivity contribution >= 4 is 22.4 Å². The molecule has 0 saturated carbocycles. The lowest BCUT2D eigenvalue weighted by molar-refractivity contribution is 0.415. The minimum Gasteiger partial charge on any atom is -0.497 e. The highest BCUT2D eigenvalue weighted by molar-refractivity contribution is 5.85. The average molecular weight is 379 g/mol. The van der Waals surface area contributed by atoms with Crippen LogP contribution in [0.2, 0.25) is 0 Å². The van der Waals surface area contributed by atoms with Gasteiger partial charge in [-0.1, -0.05) is 0 Å². The maximum Gasteiger partial charge on any atom is 0.268 e. The Labute approximate surface area is 164 Å². The summed E-state index contributed by atoms with van der Waals surface area (Å²) >= 11 is 0. The van der Waals surface area contributed by atoms with Crippen molar-refractivity contribution in [1.29, 1.82) is 0 Å². The molecule has 3 aromatic rings. The molecule has 1 fully saturated rings. The summed E-state index contributed by atoms with van der Waals surface area (Å²) < 4.78 is 6.67. The van der Waals surface area contributed by atoms with E-state index in [0.717, 1.165) is 54.2 Å². The van der Waals surface area contributed by atoms with E-state index in [2.05, 4.69) is 28.3 Å². The second kappa shape index (κ2) is 7.50. The number of aryl methyl sites for hydroxylation is 2. The molecule has 7 nitrogen and oxygen atoms in total. The predicted molar refractivity (Wildman–Crippen MR) is 111 cm³/mol. The van der Waals surface area contributed by atoms with Gasteiger partial charge in [-0.15, -0.1) is 0 Å². The summed E-state index contributed by atoms with van der Waals surface area (Å²) in [4.78, 5) is 18.8. The van der Waals surface area contributed by atoms with Crippen molar-refractivity contribution in [2.24, 2.45) is 13.0 Å². The SMILES string of the molecule is COc1ccc2c(C)cc(NCC3CCN(c4cnn(C)c(=O)c4)C3)nc2c1. The van der Waals surface area contributed by atoms with Gasteiger partial charge in [0.1, 0.15) is 11.6 Å². The Morgan fingerprint density at radius 1 is 1.29 bits per heavy atom. The number of aromatic nitrogens is 3. The maximum absolute atomic E-state index is 11.8. The van der Waals surface area contributed by atoms with Gasteiger partial charge in [0, 0.05) is 44.2 Å². The maximum atomic E-state index is 11.8. The number of benzene rings is 1. The Morgan fingerprint density at radius 2 is 2.14 bits per heavy atom. The molecule has 0 aliphatic carbocycles. The third-order valence-corrected chi connectivity index (χ3v) is 5.40. The summed E-state index contributed by atoms with van der Waals surface area (Å²) in [7, 11) is 3.33. The first-order chi connectivity index (χ1) is 13.5. The summed E-state index contributed by atoms with van der Waals surface area (Å²) in [6.07, 6.45) is 2.83. The number of nitrogens with one attached hydrogen (secondary N) is 1. The summed E-state index contributed by atoms with van der Waals surface area (Å²) in [6, 6.07) is 9.72. The van der Waals surface area contributed by atoms with Crippen LogP contribution in [0.3, 0.4) is 0 Å². The van der Waals surface area contributed by atoms with E-state index in [1.165, 1.54) is 10.2 Å². The van der Waals surface area contributed by atoms with E-state index in [-0.39, 0.29) is 5.56 Å². The fourth-order valence-corrected chi connectivity index (χ4v) is 3.72. The molecule has 1 N–H and O–H groups in total. The average Bonchev–Trinajstić information content (AvgIpc) is 3.17. The fraction of sp³-hybridized carbons (Fsp3) is 0.381. The first-order valence-electron chi connectivity index (χ1n) is 9.51. The minimum absolute atomic E-state index is 0.0784. The van der Waals surface area contributed by atoms with Crippen LogP contribution < -0.4 is 20.5 Å². The quantitative estimate of drug-likeness (QED) is 0.735. The Bertz CT molecular complexity index is 1060. The van der Waals surface area contributed by atoms with Crippen LogP contribution in [0.1, 0.15) is 12.0 Å². The van der Waals surface area contributed by atoms with Gasteiger partial charge < -0.3 is 15.0 Å². The standard InChI is InChI=1S/C21H25N5O2/c1-14-8-20(24-19-10-17(28-3)4-5-18(14)19)22-11-15-6-7-26(13-15)16-9-21(27)25(2)23-12-16/h4-5,8-10,12,15H,6-7,11,13H2,1-3H3,(H,22,24). The zero-order valence-electron chi connectivity index (χ0n) is 16.5. The van der Waals surface area contributed by atoms with Crippen LogP contribution in [0.15, 0.2) is 41.3 Å². The zero-order chi connectivity index (χ0) is 19.7. The van der Waals surface area contributed by atoms with E-state index in [4.69, 9.17) is 9.72 Å². The van der Waals surface area contributed by atoms with E-state index < -0.39 is 0 Å². The molecule has 0 bridgehead atoms. The Kier molecular flexibility index (Phi) is 4.90. The third-order valence-electron chi connectivity index (χ3n) is 5.40. The molecule has 7 heteroatoms. The molecular weight excluding hydrogens is 354 g/mol. The largest absolute Gasteiger partial charge is 0.497 e. The number of rotatable bonds is 5. The zero-order valence-corrected chi connectivity index (χ0v) is 16.5. The van der Waals surface area contributed by atoms with Gasteiger partial charge in [-0.2, -0.15) is 5.10 Å². The smallest absolute Gasteiger partial charge is 0.268 e. The lowest BCUT2D eigenvalue weighted by Gasteiger charge is -2.18. The second-order valence-electron chi connectivity index (χ2n) is 7.36. The molecule has 1 unspecified atom stereocenters. The summed E-state index contributed by atoms with van der Waals surface area (Å²) in [5, 5.41) is 8.75. The van der Waals surface area contributed by atoms with E-state index in [0.29, 0.717) is 5.92 Å². The molecular formula is C21H25N5O2. The van der Waals surface area contributed by atoms with Crippen LogP contribution in [0.25, 0.3) is 10.9 Å². The molecule has 1 atom stereocenters. The number of hydrogen-bond acceptors (Lipinski definition) is 6. The first-order valence-corrected chi connectivity index (χ1v) is 9.51.